The Morgan fingerprint density at radius 1 is 0.920 bits per heavy atom. The van der Waals surface area contributed by atoms with Crippen LogP contribution < -0.4 is 9.64 Å². The number of ether oxygens (including phenoxy) is 1. The van der Waals surface area contributed by atoms with Crippen molar-refractivity contribution in [3.05, 3.63) is 60.4 Å². The van der Waals surface area contributed by atoms with Gasteiger partial charge in [-0.3, -0.25) is 0 Å². The summed E-state index contributed by atoms with van der Waals surface area (Å²) in [6.07, 6.45) is 1.65. The third-order valence-electron chi connectivity index (χ3n) is 4.17. The van der Waals surface area contributed by atoms with E-state index in [1.165, 1.54) is 5.56 Å². The summed E-state index contributed by atoms with van der Waals surface area (Å²) in [6.45, 7) is 2.63. The van der Waals surface area contributed by atoms with E-state index in [9.17, 15) is 0 Å². The minimum Gasteiger partial charge on any atom is -0.497 e. The van der Waals surface area contributed by atoms with E-state index in [0.717, 1.165) is 42.1 Å². The molecule has 0 aliphatic carbocycles. The number of aromatic nitrogens is 2. The second kappa shape index (κ2) is 7.94. The number of nitrogens with zero attached hydrogens (tertiary/aromatic N) is 4. The van der Waals surface area contributed by atoms with Gasteiger partial charge in [-0.25, -0.2) is 9.97 Å². The van der Waals surface area contributed by atoms with Crippen LogP contribution in [0.15, 0.2) is 54.9 Å². The molecule has 0 atom stereocenters. The predicted octanol–water partition coefficient (Wildman–Crippen LogP) is 3.21. The number of benzene rings is 2. The maximum absolute atomic E-state index is 5.25. The first-order valence-corrected chi connectivity index (χ1v) is 8.39. The standard InChI is InChI=1S/C20H24N4O/c1-23(2)12-13-24(14-16-8-10-17(25-3)11-9-16)20-18-6-4-5-7-19(18)21-15-22-20/h4-11,15H,12-14H2,1-3H3. The van der Waals surface area contributed by atoms with Crippen molar-refractivity contribution >= 4 is 16.7 Å². The quantitative estimate of drug-likeness (QED) is 0.663. The van der Waals surface area contributed by atoms with Crippen LogP contribution in [0, 0.1) is 0 Å². The van der Waals surface area contributed by atoms with E-state index in [1.807, 2.05) is 30.3 Å². The number of hydrogen-bond acceptors (Lipinski definition) is 5. The molecule has 0 N–H and O–H groups in total. The van der Waals surface area contributed by atoms with E-state index in [4.69, 9.17) is 4.74 Å². The van der Waals surface area contributed by atoms with Crippen molar-refractivity contribution in [3.63, 3.8) is 0 Å². The highest BCUT2D eigenvalue weighted by Crippen LogP contribution is 2.24. The minimum atomic E-state index is 0.791. The number of fused-ring (bicyclic) bond motifs is 1. The maximum Gasteiger partial charge on any atom is 0.140 e. The summed E-state index contributed by atoms with van der Waals surface area (Å²) in [7, 11) is 5.86. The first kappa shape index (κ1) is 17.2. The molecule has 1 aromatic heterocycles. The molecule has 5 nitrogen and oxygen atoms in total. The lowest BCUT2D eigenvalue weighted by molar-refractivity contribution is 0.411. The van der Waals surface area contributed by atoms with Gasteiger partial charge in [-0.05, 0) is 43.9 Å². The molecular formula is C20H24N4O. The minimum absolute atomic E-state index is 0.791. The fourth-order valence-corrected chi connectivity index (χ4v) is 2.77. The normalized spacial score (nSPS) is 11.0. The second-order valence-electron chi connectivity index (χ2n) is 6.29. The van der Waals surface area contributed by atoms with Crippen LogP contribution in [0.3, 0.4) is 0 Å². The zero-order valence-electron chi connectivity index (χ0n) is 15.0. The van der Waals surface area contributed by atoms with Gasteiger partial charge in [0.15, 0.2) is 0 Å². The van der Waals surface area contributed by atoms with Gasteiger partial charge in [0.1, 0.15) is 17.9 Å². The Morgan fingerprint density at radius 3 is 2.40 bits per heavy atom. The van der Waals surface area contributed by atoms with Crippen LogP contribution in [0.25, 0.3) is 10.9 Å². The van der Waals surface area contributed by atoms with E-state index in [2.05, 4.69) is 52.1 Å². The largest absolute Gasteiger partial charge is 0.497 e. The Labute approximate surface area is 148 Å². The molecule has 0 aliphatic rings. The summed E-state index contributed by atoms with van der Waals surface area (Å²) < 4.78 is 5.25. The number of likely N-dealkylation sites (N-methyl/N-ethyl adjacent to an activating group) is 1. The van der Waals surface area contributed by atoms with Crippen molar-refractivity contribution < 1.29 is 4.74 Å². The Balaban J connectivity index is 1.92. The van der Waals surface area contributed by atoms with Crippen LogP contribution in [0.4, 0.5) is 5.82 Å². The third kappa shape index (κ3) is 4.25. The number of anilines is 1. The first-order valence-electron chi connectivity index (χ1n) is 8.39. The van der Waals surface area contributed by atoms with Crippen molar-refractivity contribution in [3.8, 4) is 5.75 Å². The molecule has 25 heavy (non-hydrogen) atoms. The van der Waals surface area contributed by atoms with E-state index >= 15 is 0 Å². The zero-order chi connectivity index (χ0) is 17.6. The fraction of sp³-hybridized carbons (Fsp3) is 0.300. The molecule has 0 aliphatic heterocycles. The molecular weight excluding hydrogens is 312 g/mol. The molecule has 130 valence electrons. The van der Waals surface area contributed by atoms with Crippen molar-refractivity contribution in [1.29, 1.82) is 0 Å². The van der Waals surface area contributed by atoms with Gasteiger partial charge in [-0.2, -0.15) is 0 Å². The summed E-state index contributed by atoms with van der Waals surface area (Å²) in [5.41, 5.74) is 2.19. The molecule has 0 amide bonds. The topological polar surface area (TPSA) is 41.5 Å². The molecule has 2 aromatic carbocycles. The third-order valence-corrected chi connectivity index (χ3v) is 4.17. The van der Waals surface area contributed by atoms with Gasteiger partial charge >= 0.3 is 0 Å². The molecule has 1 heterocycles. The highest BCUT2D eigenvalue weighted by molar-refractivity contribution is 5.89. The molecule has 3 rings (SSSR count). The molecule has 3 aromatic rings. The smallest absolute Gasteiger partial charge is 0.140 e. The van der Waals surface area contributed by atoms with Crippen LogP contribution in [-0.4, -0.2) is 49.2 Å². The Morgan fingerprint density at radius 2 is 1.68 bits per heavy atom. The summed E-state index contributed by atoms with van der Waals surface area (Å²) in [5.74, 6) is 1.85. The molecule has 0 unspecified atom stereocenters. The summed E-state index contributed by atoms with van der Waals surface area (Å²) >= 11 is 0. The fourth-order valence-electron chi connectivity index (χ4n) is 2.77. The van der Waals surface area contributed by atoms with Crippen LogP contribution >= 0.6 is 0 Å². The summed E-state index contributed by atoms with van der Waals surface area (Å²) in [6, 6.07) is 16.4. The van der Waals surface area contributed by atoms with Gasteiger partial charge in [-0.15, -0.1) is 0 Å². The molecule has 5 heteroatoms. The van der Waals surface area contributed by atoms with E-state index < -0.39 is 0 Å². The Bertz CT molecular complexity index is 812. The molecule has 0 fully saturated rings. The predicted molar refractivity (Wildman–Crippen MR) is 102 cm³/mol. The molecule has 0 spiro atoms. The molecule has 0 bridgehead atoms. The Hall–Kier alpha value is -2.66. The highest BCUT2D eigenvalue weighted by Gasteiger charge is 2.13. The van der Waals surface area contributed by atoms with Crippen molar-refractivity contribution in [2.45, 2.75) is 6.54 Å². The molecule has 0 saturated carbocycles. The zero-order valence-corrected chi connectivity index (χ0v) is 15.0. The number of methoxy groups -OCH3 is 1. The summed E-state index contributed by atoms with van der Waals surface area (Å²) in [5, 5.41) is 1.08. The van der Waals surface area contributed by atoms with Crippen molar-refractivity contribution in [2.24, 2.45) is 0 Å². The van der Waals surface area contributed by atoms with Gasteiger partial charge in [-0.1, -0.05) is 24.3 Å². The first-order chi connectivity index (χ1) is 12.2. The lowest BCUT2D eigenvalue weighted by atomic mass is 10.1. The second-order valence-corrected chi connectivity index (χ2v) is 6.29. The highest BCUT2D eigenvalue weighted by atomic mass is 16.5. The monoisotopic (exact) mass is 336 g/mol. The average molecular weight is 336 g/mol. The van der Waals surface area contributed by atoms with Gasteiger partial charge in [0.2, 0.25) is 0 Å². The lowest BCUT2D eigenvalue weighted by Crippen LogP contribution is -2.32. The summed E-state index contributed by atoms with van der Waals surface area (Å²) in [4.78, 5) is 13.5. The van der Waals surface area contributed by atoms with Crippen molar-refractivity contribution in [2.75, 3.05) is 39.2 Å². The van der Waals surface area contributed by atoms with E-state index in [0.29, 0.717) is 0 Å². The van der Waals surface area contributed by atoms with Gasteiger partial charge in [0.05, 0.1) is 12.6 Å². The SMILES string of the molecule is COc1ccc(CN(CCN(C)C)c2ncnc3ccccc23)cc1. The van der Waals surface area contributed by atoms with Gasteiger partial charge < -0.3 is 14.5 Å². The lowest BCUT2D eigenvalue weighted by Gasteiger charge is -2.26. The Kier molecular flexibility index (Phi) is 5.46. The number of para-hydroxylation sites is 1. The van der Waals surface area contributed by atoms with E-state index in [1.54, 1.807) is 13.4 Å². The van der Waals surface area contributed by atoms with Crippen LogP contribution in [0.1, 0.15) is 5.56 Å². The van der Waals surface area contributed by atoms with Gasteiger partial charge in [0.25, 0.3) is 0 Å². The number of rotatable bonds is 7. The van der Waals surface area contributed by atoms with Crippen LogP contribution in [0.2, 0.25) is 0 Å². The van der Waals surface area contributed by atoms with Gasteiger partial charge in [0, 0.05) is 25.0 Å². The molecule has 0 saturated heterocycles. The average Bonchev–Trinajstić information content (AvgIpc) is 2.65. The number of hydrogen-bond donors (Lipinski definition) is 0. The van der Waals surface area contributed by atoms with E-state index in [-0.39, 0.29) is 0 Å². The van der Waals surface area contributed by atoms with Crippen LogP contribution in [-0.2, 0) is 6.54 Å². The maximum atomic E-state index is 5.25. The van der Waals surface area contributed by atoms with Crippen molar-refractivity contribution in [1.82, 2.24) is 14.9 Å². The molecule has 0 radical (unpaired) electrons. The van der Waals surface area contributed by atoms with Crippen LogP contribution in [0.5, 0.6) is 5.75 Å².